The zero-order valence-corrected chi connectivity index (χ0v) is 13.1. The van der Waals surface area contributed by atoms with Crippen molar-refractivity contribution < 1.29 is 0 Å². The molecule has 2 rings (SSSR count). The summed E-state index contributed by atoms with van der Waals surface area (Å²) in [6.07, 6.45) is 0. The van der Waals surface area contributed by atoms with Crippen molar-refractivity contribution in [2.75, 3.05) is 5.32 Å². The molecule has 1 aromatic heterocycles. The summed E-state index contributed by atoms with van der Waals surface area (Å²) in [6, 6.07) is 10.1. The van der Waals surface area contributed by atoms with Crippen molar-refractivity contribution in [1.29, 1.82) is 0 Å². The Labute approximate surface area is 125 Å². The quantitative estimate of drug-likeness (QED) is 0.854. The van der Waals surface area contributed by atoms with Gasteiger partial charge in [-0.15, -0.1) is 0 Å². The van der Waals surface area contributed by atoms with Gasteiger partial charge in [-0.05, 0) is 12.5 Å². The average molecular weight is 290 g/mol. The van der Waals surface area contributed by atoms with Gasteiger partial charge in [0.05, 0.1) is 0 Å². The number of rotatable bonds is 3. The van der Waals surface area contributed by atoms with Gasteiger partial charge in [-0.2, -0.15) is 0 Å². The highest BCUT2D eigenvalue weighted by Gasteiger charge is 2.18. The first kappa shape index (κ1) is 14.8. The molecule has 0 spiro atoms. The topological polar surface area (TPSA) is 37.8 Å². The smallest absolute Gasteiger partial charge is 0.137 e. The molecule has 0 aliphatic heterocycles. The van der Waals surface area contributed by atoms with Gasteiger partial charge in [0.2, 0.25) is 0 Å². The number of halogens is 1. The second kappa shape index (κ2) is 5.80. The lowest BCUT2D eigenvalue weighted by atomic mass is 9.96. The van der Waals surface area contributed by atoms with E-state index in [2.05, 4.69) is 67.2 Å². The summed E-state index contributed by atoms with van der Waals surface area (Å²) in [5.74, 6) is 1.51. The van der Waals surface area contributed by atoms with Crippen LogP contribution in [0.2, 0.25) is 5.15 Å². The third kappa shape index (κ3) is 3.94. The van der Waals surface area contributed by atoms with Crippen LogP contribution in [0.3, 0.4) is 0 Å². The third-order valence-corrected chi connectivity index (χ3v) is 3.12. The first-order valence-corrected chi connectivity index (χ1v) is 7.07. The highest BCUT2D eigenvalue weighted by molar-refractivity contribution is 6.29. The van der Waals surface area contributed by atoms with Crippen LogP contribution in [0.1, 0.15) is 37.7 Å². The zero-order chi connectivity index (χ0) is 14.8. The summed E-state index contributed by atoms with van der Waals surface area (Å²) in [4.78, 5) is 8.82. The van der Waals surface area contributed by atoms with E-state index in [1.165, 1.54) is 11.1 Å². The number of benzene rings is 1. The minimum Gasteiger partial charge on any atom is -0.366 e. The standard InChI is InChI=1S/C16H20ClN3/c1-11-6-5-7-12(8-11)10-18-14-9-13(17)19-15(20-14)16(2,3)4/h5-9H,10H2,1-4H3,(H,18,19,20). The number of hydrogen-bond donors (Lipinski definition) is 1. The van der Waals surface area contributed by atoms with Gasteiger partial charge in [0.1, 0.15) is 16.8 Å². The Morgan fingerprint density at radius 1 is 1.15 bits per heavy atom. The molecule has 20 heavy (non-hydrogen) atoms. The molecule has 0 saturated carbocycles. The van der Waals surface area contributed by atoms with Gasteiger partial charge >= 0.3 is 0 Å². The van der Waals surface area contributed by atoms with Gasteiger partial charge in [0, 0.05) is 18.0 Å². The van der Waals surface area contributed by atoms with Crippen molar-refractivity contribution >= 4 is 17.4 Å². The molecule has 1 heterocycles. The van der Waals surface area contributed by atoms with E-state index in [9.17, 15) is 0 Å². The van der Waals surface area contributed by atoms with E-state index >= 15 is 0 Å². The largest absolute Gasteiger partial charge is 0.366 e. The summed E-state index contributed by atoms with van der Waals surface area (Å²) >= 11 is 6.07. The Hall–Kier alpha value is -1.61. The van der Waals surface area contributed by atoms with Crippen LogP contribution in [0.15, 0.2) is 30.3 Å². The molecule has 2 aromatic rings. The highest BCUT2D eigenvalue weighted by Crippen LogP contribution is 2.22. The van der Waals surface area contributed by atoms with Crippen LogP contribution in [0.5, 0.6) is 0 Å². The van der Waals surface area contributed by atoms with Gasteiger partial charge < -0.3 is 5.32 Å². The molecule has 0 fully saturated rings. The fraction of sp³-hybridized carbons (Fsp3) is 0.375. The maximum absolute atomic E-state index is 6.07. The van der Waals surface area contributed by atoms with Crippen molar-refractivity contribution in [3.63, 3.8) is 0 Å². The number of nitrogens with zero attached hydrogens (tertiary/aromatic N) is 2. The summed E-state index contributed by atoms with van der Waals surface area (Å²) in [5.41, 5.74) is 2.35. The molecule has 1 aromatic carbocycles. The maximum atomic E-state index is 6.07. The second-order valence-corrected chi connectivity index (χ2v) is 6.38. The molecule has 1 N–H and O–H groups in total. The molecular formula is C16H20ClN3. The van der Waals surface area contributed by atoms with Crippen LogP contribution in [0.25, 0.3) is 0 Å². The van der Waals surface area contributed by atoms with Gasteiger partial charge in [-0.3, -0.25) is 0 Å². The van der Waals surface area contributed by atoms with Crippen molar-refractivity contribution in [3.8, 4) is 0 Å². The Kier molecular flexibility index (Phi) is 4.29. The Balaban J connectivity index is 2.16. The number of hydrogen-bond acceptors (Lipinski definition) is 3. The lowest BCUT2D eigenvalue weighted by molar-refractivity contribution is 0.546. The molecule has 4 heteroatoms. The van der Waals surface area contributed by atoms with Crippen LogP contribution in [0, 0.1) is 6.92 Å². The van der Waals surface area contributed by atoms with E-state index in [4.69, 9.17) is 11.6 Å². The maximum Gasteiger partial charge on any atom is 0.137 e. The van der Waals surface area contributed by atoms with Crippen LogP contribution in [0.4, 0.5) is 5.82 Å². The minimum atomic E-state index is -0.120. The van der Waals surface area contributed by atoms with E-state index < -0.39 is 0 Å². The molecule has 0 unspecified atom stereocenters. The Bertz CT molecular complexity index is 603. The highest BCUT2D eigenvalue weighted by atomic mass is 35.5. The SMILES string of the molecule is Cc1cccc(CNc2cc(Cl)nc(C(C)(C)C)n2)c1. The van der Waals surface area contributed by atoms with Gasteiger partial charge in [-0.1, -0.05) is 62.2 Å². The second-order valence-electron chi connectivity index (χ2n) is 5.99. The van der Waals surface area contributed by atoms with E-state index in [1.54, 1.807) is 6.07 Å². The fourth-order valence-electron chi connectivity index (χ4n) is 1.86. The molecule has 0 bridgehead atoms. The predicted octanol–water partition coefficient (Wildman–Crippen LogP) is 4.35. The monoisotopic (exact) mass is 289 g/mol. The summed E-state index contributed by atoms with van der Waals surface area (Å²) in [5, 5.41) is 3.78. The molecule has 0 radical (unpaired) electrons. The molecule has 0 aliphatic carbocycles. The van der Waals surface area contributed by atoms with Crippen molar-refractivity contribution in [2.45, 2.75) is 39.7 Å². The number of aryl methyl sites for hydroxylation is 1. The van der Waals surface area contributed by atoms with Gasteiger partial charge in [0.15, 0.2) is 0 Å². The van der Waals surface area contributed by atoms with Gasteiger partial charge in [0.25, 0.3) is 0 Å². The first-order chi connectivity index (χ1) is 9.34. The minimum absolute atomic E-state index is 0.120. The summed E-state index contributed by atoms with van der Waals surface area (Å²) in [6.45, 7) is 9.02. The molecule has 106 valence electrons. The Morgan fingerprint density at radius 3 is 2.55 bits per heavy atom. The van der Waals surface area contributed by atoms with E-state index in [0.29, 0.717) is 5.15 Å². The lowest BCUT2D eigenvalue weighted by Gasteiger charge is -2.18. The van der Waals surface area contributed by atoms with E-state index in [-0.39, 0.29) is 5.41 Å². The van der Waals surface area contributed by atoms with Crippen LogP contribution in [-0.2, 0) is 12.0 Å². The Morgan fingerprint density at radius 2 is 1.90 bits per heavy atom. The van der Waals surface area contributed by atoms with E-state index in [0.717, 1.165) is 18.2 Å². The fourth-order valence-corrected chi connectivity index (χ4v) is 2.04. The number of nitrogens with one attached hydrogen (secondary N) is 1. The summed E-state index contributed by atoms with van der Waals surface area (Å²) < 4.78 is 0. The molecule has 0 aliphatic rings. The molecule has 0 saturated heterocycles. The van der Waals surface area contributed by atoms with Crippen LogP contribution in [-0.4, -0.2) is 9.97 Å². The van der Waals surface area contributed by atoms with Crippen molar-refractivity contribution in [3.05, 3.63) is 52.4 Å². The van der Waals surface area contributed by atoms with E-state index in [1.807, 2.05) is 0 Å². The average Bonchev–Trinajstić information content (AvgIpc) is 2.35. The zero-order valence-electron chi connectivity index (χ0n) is 12.4. The van der Waals surface area contributed by atoms with Gasteiger partial charge in [-0.25, -0.2) is 9.97 Å². The lowest BCUT2D eigenvalue weighted by Crippen LogP contribution is -2.17. The molecular weight excluding hydrogens is 270 g/mol. The molecule has 0 amide bonds. The van der Waals surface area contributed by atoms with Crippen molar-refractivity contribution in [1.82, 2.24) is 9.97 Å². The molecule has 0 atom stereocenters. The molecule has 3 nitrogen and oxygen atoms in total. The first-order valence-electron chi connectivity index (χ1n) is 6.69. The number of anilines is 1. The third-order valence-electron chi connectivity index (χ3n) is 2.92. The number of aromatic nitrogens is 2. The van der Waals surface area contributed by atoms with Crippen LogP contribution >= 0.6 is 11.6 Å². The van der Waals surface area contributed by atoms with Crippen molar-refractivity contribution in [2.24, 2.45) is 0 Å². The predicted molar refractivity (Wildman–Crippen MR) is 84.2 cm³/mol. The summed E-state index contributed by atoms with van der Waals surface area (Å²) in [7, 11) is 0. The van der Waals surface area contributed by atoms with Crippen LogP contribution < -0.4 is 5.32 Å². The normalized spacial score (nSPS) is 11.4.